The Bertz CT molecular complexity index is 838. The molecule has 24 heavy (non-hydrogen) atoms. The first kappa shape index (κ1) is 16.3. The molecule has 0 spiro atoms. The number of hydrogen-bond donors (Lipinski definition) is 0. The van der Waals surface area contributed by atoms with Crippen molar-refractivity contribution in [3.8, 4) is 17.1 Å². The monoisotopic (exact) mass is 327 g/mol. The molecule has 0 amide bonds. The van der Waals surface area contributed by atoms with Gasteiger partial charge in [0.05, 0.1) is 17.8 Å². The van der Waals surface area contributed by atoms with Crippen LogP contribution in [0.1, 0.15) is 19.7 Å². The van der Waals surface area contributed by atoms with Gasteiger partial charge >= 0.3 is 0 Å². The van der Waals surface area contributed by atoms with Gasteiger partial charge in [0.15, 0.2) is 11.3 Å². The Labute approximate surface area is 139 Å². The normalized spacial score (nSPS) is 11.0. The fourth-order valence-corrected chi connectivity index (χ4v) is 2.31. The summed E-state index contributed by atoms with van der Waals surface area (Å²) in [6.45, 7) is 5.20. The molecule has 0 N–H and O–H groups in total. The Morgan fingerprint density at radius 2 is 1.71 bits per heavy atom. The summed E-state index contributed by atoms with van der Waals surface area (Å²) in [7, 11) is 0. The topological polar surface area (TPSA) is 57.1 Å². The Kier molecular flexibility index (Phi) is 4.96. The van der Waals surface area contributed by atoms with Gasteiger partial charge in [0.1, 0.15) is 12.4 Å². The van der Waals surface area contributed by atoms with Gasteiger partial charge in [-0.1, -0.05) is 0 Å². The molecule has 0 saturated heterocycles. The van der Waals surface area contributed by atoms with Crippen molar-refractivity contribution >= 4 is 11.0 Å². The van der Waals surface area contributed by atoms with Gasteiger partial charge in [-0.15, -0.1) is 0 Å². The standard InChI is InChI=1S/C18H18FN3O2/c1-3-23-11-16-20-15-10-9-14(12-5-7-13(19)8-6-12)21-17(15)18(22-16)24-4-2/h5-10H,3-4,11H2,1-2H3. The second-order valence-electron chi connectivity index (χ2n) is 5.09. The van der Waals surface area contributed by atoms with Crippen LogP contribution in [0.4, 0.5) is 4.39 Å². The van der Waals surface area contributed by atoms with Gasteiger partial charge < -0.3 is 9.47 Å². The molecule has 0 bridgehead atoms. The van der Waals surface area contributed by atoms with E-state index in [1.165, 1.54) is 12.1 Å². The first-order chi connectivity index (χ1) is 11.7. The van der Waals surface area contributed by atoms with Crippen LogP contribution < -0.4 is 4.74 Å². The molecule has 1 aromatic carbocycles. The summed E-state index contributed by atoms with van der Waals surface area (Å²) >= 11 is 0. The molecule has 3 rings (SSSR count). The largest absolute Gasteiger partial charge is 0.476 e. The molecule has 0 aliphatic heterocycles. The number of hydrogen-bond acceptors (Lipinski definition) is 5. The van der Waals surface area contributed by atoms with E-state index in [9.17, 15) is 4.39 Å². The lowest BCUT2D eigenvalue weighted by Crippen LogP contribution is -2.05. The molecule has 0 aliphatic rings. The third kappa shape index (κ3) is 3.49. The molecule has 0 saturated carbocycles. The highest BCUT2D eigenvalue weighted by molar-refractivity contribution is 5.82. The Hall–Kier alpha value is -2.60. The second-order valence-corrected chi connectivity index (χ2v) is 5.09. The summed E-state index contributed by atoms with van der Waals surface area (Å²) in [5.74, 6) is 0.712. The van der Waals surface area contributed by atoms with Crippen molar-refractivity contribution in [1.82, 2.24) is 15.0 Å². The van der Waals surface area contributed by atoms with Gasteiger partial charge in [-0.3, -0.25) is 0 Å². The maximum atomic E-state index is 13.1. The average Bonchev–Trinajstić information content (AvgIpc) is 2.60. The van der Waals surface area contributed by atoms with Crippen LogP contribution in [0.5, 0.6) is 5.88 Å². The van der Waals surface area contributed by atoms with Gasteiger partial charge in [0.25, 0.3) is 0 Å². The van der Waals surface area contributed by atoms with E-state index < -0.39 is 0 Å². The van der Waals surface area contributed by atoms with E-state index in [0.29, 0.717) is 48.3 Å². The molecule has 0 fully saturated rings. The first-order valence-electron chi connectivity index (χ1n) is 7.85. The Morgan fingerprint density at radius 3 is 2.42 bits per heavy atom. The van der Waals surface area contributed by atoms with Gasteiger partial charge in [0.2, 0.25) is 5.88 Å². The molecule has 5 nitrogen and oxygen atoms in total. The van der Waals surface area contributed by atoms with Crippen LogP contribution in [0.25, 0.3) is 22.3 Å². The highest BCUT2D eigenvalue weighted by Gasteiger charge is 2.12. The highest BCUT2D eigenvalue weighted by Crippen LogP contribution is 2.25. The number of rotatable bonds is 6. The molecule has 0 unspecified atom stereocenters. The lowest BCUT2D eigenvalue weighted by atomic mass is 10.1. The van der Waals surface area contributed by atoms with Crippen molar-refractivity contribution in [2.75, 3.05) is 13.2 Å². The maximum absolute atomic E-state index is 13.1. The molecular formula is C18H18FN3O2. The van der Waals surface area contributed by atoms with Crippen LogP contribution in [0.2, 0.25) is 0 Å². The van der Waals surface area contributed by atoms with E-state index in [-0.39, 0.29) is 5.82 Å². The summed E-state index contributed by atoms with van der Waals surface area (Å²) in [6, 6.07) is 9.91. The summed E-state index contributed by atoms with van der Waals surface area (Å²) < 4.78 is 24.1. The number of aromatic nitrogens is 3. The van der Waals surface area contributed by atoms with Crippen LogP contribution in [-0.2, 0) is 11.3 Å². The van der Waals surface area contributed by atoms with Gasteiger partial charge in [-0.25, -0.2) is 14.4 Å². The zero-order valence-corrected chi connectivity index (χ0v) is 13.6. The number of ether oxygens (including phenoxy) is 2. The maximum Gasteiger partial charge on any atom is 0.244 e. The molecule has 0 aliphatic carbocycles. The van der Waals surface area contributed by atoms with Crippen LogP contribution in [0.15, 0.2) is 36.4 Å². The van der Waals surface area contributed by atoms with Gasteiger partial charge in [0, 0.05) is 12.2 Å². The predicted molar refractivity (Wildman–Crippen MR) is 89.2 cm³/mol. The smallest absolute Gasteiger partial charge is 0.244 e. The van der Waals surface area contributed by atoms with E-state index in [1.807, 2.05) is 26.0 Å². The van der Waals surface area contributed by atoms with Crippen molar-refractivity contribution in [3.63, 3.8) is 0 Å². The van der Waals surface area contributed by atoms with Crippen molar-refractivity contribution in [3.05, 3.63) is 48.0 Å². The van der Waals surface area contributed by atoms with Gasteiger partial charge in [-0.2, -0.15) is 4.98 Å². The van der Waals surface area contributed by atoms with E-state index in [2.05, 4.69) is 15.0 Å². The van der Waals surface area contributed by atoms with Crippen molar-refractivity contribution in [2.45, 2.75) is 20.5 Å². The molecule has 2 aromatic heterocycles. The molecule has 6 heteroatoms. The number of halogens is 1. The van der Waals surface area contributed by atoms with Crippen LogP contribution >= 0.6 is 0 Å². The molecule has 0 radical (unpaired) electrons. The third-order valence-electron chi connectivity index (χ3n) is 3.41. The fourth-order valence-electron chi connectivity index (χ4n) is 2.31. The van der Waals surface area contributed by atoms with Crippen LogP contribution in [0.3, 0.4) is 0 Å². The van der Waals surface area contributed by atoms with Crippen molar-refractivity contribution in [1.29, 1.82) is 0 Å². The molecule has 3 aromatic rings. The number of nitrogens with zero attached hydrogens (tertiary/aromatic N) is 3. The fraction of sp³-hybridized carbons (Fsp3) is 0.278. The van der Waals surface area contributed by atoms with Gasteiger partial charge in [-0.05, 0) is 50.2 Å². The predicted octanol–water partition coefficient (Wildman–Crippen LogP) is 3.77. The summed E-state index contributed by atoms with van der Waals surface area (Å²) in [6.07, 6.45) is 0. The SMILES string of the molecule is CCOCc1nc(OCC)c2nc(-c3ccc(F)cc3)ccc2n1. The lowest BCUT2D eigenvalue weighted by Gasteiger charge is -2.10. The summed E-state index contributed by atoms with van der Waals surface area (Å²) in [5.41, 5.74) is 2.80. The number of pyridine rings is 1. The number of benzene rings is 1. The minimum atomic E-state index is -0.279. The average molecular weight is 327 g/mol. The van der Waals surface area contributed by atoms with E-state index in [4.69, 9.17) is 9.47 Å². The molecule has 124 valence electrons. The minimum absolute atomic E-state index is 0.279. The number of fused-ring (bicyclic) bond motifs is 1. The van der Waals surface area contributed by atoms with E-state index >= 15 is 0 Å². The quantitative estimate of drug-likeness (QED) is 0.690. The summed E-state index contributed by atoms with van der Waals surface area (Å²) in [5, 5.41) is 0. The van der Waals surface area contributed by atoms with E-state index in [1.54, 1.807) is 12.1 Å². The Balaban J connectivity index is 2.07. The van der Waals surface area contributed by atoms with Crippen molar-refractivity contribution in [2.24, 2.45) is 0 Å². The lowest BCUT2D eigenvalue weighted by molar-refractivity contribution is 0.128. The zero-order valence-electron chi connectivity index (χ0n) is 13.6. The first-order valence-corrected chi connectivity index (χ1v) is 7.85. The molecular weight excluding hydrogens is 309 g/mol. The van der Waals surface area contributed by atoms with Crippen LogP contribution in [-0.4, -0.2) is 28.2 Å². The third-order valence-corrected chi connectivity index (χ3v) is 3.41. The summed E-state index contributed by atoms with van der Waals surface area (Å²) in [4.78, 5) is 13.5. The molecule has 0 atom stereocenters. The highest BCUT2D eigenvalue weighted by atomic mass is 19.1. The molecule has 2 heterocycles. The second kappa shape index (κ2) is 7.31. The Morgan fingerprint density at radius 1 is 0.917 bits per heavy atom. The minimum Gasteiger partial charge on any atom is -0.476 e. The van der Waals surface area contributed by atoms with Crippen LogP contribution in [0, 0.1) is 5.82 Å². The van der Waals surface area contributed by atoms with E-state index in [0.717, 1.165) is 5.56 Å². The van der Waals surface area contributed by atoms with Crippen molar-refractivity contribution < 1.29 is 13.9 Å². The zero-order chi connectivity index (χ0) is 16.9.